The first kappa shape index (κ1) is 20.2. The van der Waals surface area contributed by atoms with Gasteiger partial charge in [-0.05, 0) is 30.3 Å². The lowest BCUT2D eigenvalue weighted by atomic mass is 10.2. The second-order valence-electron chi connectivity index (χ2n) is 5.40. The minimum absolute atomic E-state index is 0.0141. The van der Waals surface area contributed by atoms with Crippen LogP contribution in [0.25, 0.3) is 0 Å². The van der Waals surface area contributed by atoms with Crippen molar-refractivity contribution in [1.82, 2.24) is 14.9 Å². The molecule has 0 aliphatic rings. The number of anilines is 1. The number of halogens is 1. The Kier molecular flexibility index (Phi) is 6.57. The molecule has 3 rings (SSSR count). The van der Waals surface area contributed by atoms with Crippen molar-refractivity contribution >= 4 is 44.0 Å². The Balaban J connectivity index is 1.65. The number of nitrogens with one attached hydrogen (secondary N) is 2. The average Bonchev–Trinajstić information content (AvgIpc) is 3.19. The summed E-state index contributed by atoms with van der Waals surface area (Å²) >= 11 is 7.18. The van der Waals surface area contributed by atoms with Crippen molar-refractivity contribution in [1.29, 1.82) is 0 Å². The van der Waals surface area contributed by atoms with E-state index >= 15 is 0 Å². The molecule has 2 aromatic carbocycles. The molecule has 0 spiro atoms. The SMILES string of the molecule is O=C(Nc1nncs1)c1cc(S(=O)(=O)NCCOc2ccccc2)ccc1Cl. The summed E-state index contributed by atoms with van der Waals surface area (Å²) in [6.45, 7) is 0.216. The molecule has 0 unspecified atom stereocenters. The lowest BCUT2D eigenvalue weighted by Crippen LogP contribution is -2.28. The molecule has 28 heavy (non-hydrogen) atoms. The van der Waals surface area contributed by atoms with Gasteiger partial charge in [-0.15, -0.1) is 10.2 Å². The first-order valence-corrected chi connectivity index (χ1v) is 10.7. The maximum Gasteiger partial charge on any atom is 0.259 e. The van der Waals surface area contributed by atoms with E-state index in [1.54, 1.807) is 12.1 Å². The molecule has 0 saturated heterocycles. The number of benzene rings is 2. The number of hydrogen-bond acceptors (Lipinski definition) is 7. The Morgan fingerprint density at radius 3 is 2.68 bits per heavy atom. The highest BCUT2D eigenvalue weighted by molar-refractivity contribution is 7.89. The molecule has 0 atom stereocenters. The largest absolute Gasteiger partial charge is 0.492 e. The predicted octanol–water partition coefficient (Wildman–Crippen LogP) is 2.80. The third-order valence-corrected chi connectivity index (χ3v) is 5.87. The summed E-state index contributed by atoms with van der Waals surface area (Å²) in [5.41, 5.74) is 1.47. The molecule has 2 N–H and O–H groups in total. The van der Waals surface area contributed by atoms with Crippen LogP contribution in [0.2, 0.25) is 5.02 Å². The number of ether oxygens (including phenoxy) is 1. The van der Waals surface area contributed by atoms with Gasteiger partial charge in [-0.25, -0.2) is 13.1 Å². The molecule has 146 valence electrons. The number of para-hydroxylation sites is 1. The van der Waals surface area contributed by atoms with Gasteiger partial charge in [-0.2, -0.15) is 0 Å². The molecule has 0 aliphatic heterocycles. The van der Waals surface area contributed by atoms with Gasteiger partial charge in [-0.1, -0.05) is 41.1 Å². The quantitative estimate of drug-likeness (QED) is 0.523. The molecule has 0 bridgehead atoms. The van der Waals surface area contributed by atoms with Gasteiger partial charge in [0.1, 0.15) is 17.9 Å². The van der Waals surface area contributed by atoms with E-state index in [9.17, 15) is 13.2 Å². The molecular weight excluding hydrogens is 424 g/mol. The fourth-order valence-corrected chi connectivity index (χ4v) is 3.86. The van der Waals surface area contributed by atoms with Crippen LogP contribution in [0.15, 0.2) is 58.9 Å². The number of rotatable bonds is 8. The summed E-state index contributed by atoms with van der Waals surface area (Å²) in [7, 11) is -3.84. The second kappa shape index (κ2) is 9.11. The van der Waals surface area contributed by atoms with Gasteiger partial charge < -0.3 is 4.74 Å². The van der Waals surface area contributed by atoms with Crippen LogP contribution in [-0.4, -0.2) is 37.7 Å². The molecule has 0 saturated carbocycles. The van der Waals surface area contributed by atoms with Crippen molar-refractivity contribution in [2.24, 2.45) is 0 Å². The van der Waals surface area contributed by atoms with Crippen LogP contribution in [0.4, 0.5) is 5.13 Å². The maximum atomic E-state index is 12.5. The summed E-state index contributed by atoms with van der Waals surface area (Å²) in [5, 5.41) is 10.2. The van der Waals surface area contributed by atoms with E-state index in [1.807, 2.05) is 18.2 Å². The van der Waals surface area contributed by atoms with Crippen LogP contribution < -0.4 is 14.8 Å². The number of hydrogen-bond donors (Lipinski definition) is 2. The summed E-state index contributed by atoms with van der Waals surface area (Å²) in [4.78, 5) is 12.3. The zero-order valence-corrected chi connectivity index (χ0v) is 16.7. The molecule has 3 aromatic rings. The van der Waals surface area contributed by atoms with Crippen molar-refractivity contribution in [3.8, 4) is 5.75 Å². The second-order valence-corrected chi connectivity index (χ2v) is 8.41. The van der Waals surface area contributed by atoms with Gasteiger partial charge in [0.25, 0.3) is 5.91 Å². The average molecular weight is 439 g/mol. The highest BCUT2D eigenvalue weighted by Crippen LogP contribution is 2.22. The lowest BCUT2D eigenvalue weighted by molar-refractivity contribution is 0.102. The first-order valence-electron chi connectivity index (χ1n) is 8.00. The Labute approximate surface area is 170 Å². The highest BCUT2D eigenvalue weighted by Gasteiger charge is 2.19. The monoisotopic (exact) mass is 438 g/mol. The Morgan fingerprint density at radius 1 is 1.18 bits per heavy atom. The van der Waals surface area contributed by atoms with E-state index in [0.717, 1.165) is 11.3 Å². The zero-order valence-electron chi connectivity index (χ0n) is 14.3. The van der Waals surface area contributed by atoms with Gasteiger partial charge in [0.2, 0.25) is 15.2 Å². The van der Waals surface area contributed by atoms with E-state index in [0.29, 0.717) is 5.75 Å². The highest BCUT2D eigenvalue weighted by atomic mass is 35.5. The normalized spacial score (nSPS) is 11.2. The van der Waals surface area contributed by atoms with Crippen LogP contribution in [-0.2, 0) is 10.0 Å². The van der Waals surface area contributed by atoms with Crippen LogP contribution in [0, 0.1) is 0 Å². The van der Waals surface area contributed by atoms with Crippen LogP contribution in [0.5, 0.6) is 5.75 Å². The third-order valence-electron chi connectivity index (χ3n) is 3.48. The number of carbonyl (C=O) groups excluding carboxylic acids is 1. The minimum Gasteiger partial charge on any atom is -0.492 e. The fourth-order valence-electron chi connectivity index (χ4n) is 2.18. The Bertz CT molecular complexity index is 1040. The Hall–Kier alpha value is -2.53. The van der Waals surface area contributed by atoms with Crippen LogP contribution in [0.3, 0.4) is 0 Å². The standard InChI is InChI=1S/C17H15ClN4O4S2/c18-15-7-6-13(10-14(15)16(23)21-17-22-19-11-27-17)28(24,25)20-8-9-26-12-4-2-1-3-5-12/h1-7,10-11,20H,8-9H2,(H,21,22,23). The molecule has 0 fully saturated rings. The van der Waals surface area contributed by atoms with Gasteiger partial charge >= 0.3 is 0 Å². The molecule has 0 aliphatic carbocycles. The van der Waals surface area contributed by atoms with Crippen molar-refractivity contribution in [3.05, 3.63) is 64.6 Å². The molecule has 1 aromatic heterocycles. The van der Waals surface area contributed by atoms with Crippen molar-refractivity contribution in [3.63, 3.8) is 0 Å². The number of aromatic nitrogens is 2. The van der Waals surface area contributed by atoms with E-state index in [2.05, 4.69) is 20.2 Å². The molecule has 0 radical (unpaired) electrons. The predicted molar refractivity (Wildman–Crippen MR) is 106 cm³/mol. The molecule has 11 heteroatoms. The Morgan fingerprint density at radius 2 is 1.96 bits per heavy atom. The number of amides is 1. The topological polar surface area (TPSA) is 110 Å². The van der Waals surface area contributed by atoms with E-state index < -0.39 is 15.9 Å². The van der Waals surface area contributed by atoms with Crippen molar-refractivity contribution < 1.29 is 17.9 Å². The molecule has 1 amide bonds. The van der Waals surface area contributed by atoms with Crippen molar-refractivity contribution in [2.75, 3.05) is 18.5 Å². The summed E-state index contributed by atoms with van der Waals surface area (Å²) in [6.07, 6.45) is 0. The lowest BCUT2D eigenvalue weighted by Gasteiger charge is -2.10. The van der Waals surface area contributed by atoms with E-state index in [1.165, 1.54) is 23.7 Å². The van der Waals surface area contributed by atoms with Gasteiger partial charge in [0.15, 0.2) is 0 Å². The first-order chi connectivity index (χ1) is 13.5. The minimum atomic E-state index is -3.84. The van der Waals surface area contributed by atoms with E-state index in [-0.39, 0.29) is 33.8 Å². The fraction of sp³-hybridized carbons (Fsp3) is 0.118. The van der Waals surface area contributed by atoms with Gasteiger partial charge in [0.05, 0.1) is 15.5 Å². The zero-order chi connectivity index (χ0) is 20.0. The van der Waals surface area contributed by atoms with E-state index in [4.69, 9.17) is 16.3 Å². The van der Waals surface area contributed by atoms with Crippen molar-refractivity contribution in [2.45, 2.75) is 4.90 Å². The third kappa shape index (κ3) is 5.26. The number of sulfonamides is 1. The van der Waals surface area contributed by atoms with Gasteiger partial charge in [-0.3, -0.25) is 10.1 Å². The van der Waals surface area contributed by atoms with Crippen LogP contribution in [0.1, 0.15) is 10.4 Å². The number of nitrogens with zero attached hydrogens (tertiary/aromatic N) is 2. The number of carbonyl (C=O) groups is 1. The molecule has 8 nitrogen and oxygen atoms in total. The smallest absolute Gasteiger partial charge is 0.259 e. The summed E-state index contributed by atoms with van der Waals surface area (Å²) < 4.78 is 32.9. The molecular formula is C17H15ClN4O4S2. The summed E-state index contributed by atoms with van der Waals surface area (Å²) in [5.74, 6) is 0.0648. The van der Waals surface area contributed by atoms with Gasteiger partial charge in [0, 0.05) is 6.54 Å². The molecule has 1 heterocycles. The van der Waals surface area contributed by atoms with Crippen LogP contribution >= 0.6 is 22.9 Å². The summed E-state index contributed by atoms with van der Waals surface area (Å²) in [6, 6.07) is 12.9. The maximum absolute atomic E-state index is 12.5.